The number of carbonyl (C=O) groups excluding carboxylic acids is 2. The van der Waals surface area contributed by atoms with E-state index in [0.29, 0.717) is 17.7 Å². The van der Waals surface area contributed by atoms with Crippen molar-refractivity contribution in [3.05, 3.63) is 75.4 Å². The maximum absolute atomic E-state index is 13.1. The molecular weight excluding hydrogens is 437 g/mol. The quantitative estimate of drug-likeness (QED) is 0.669. The van der Waals surface area contributed by atoms with Gasteiger partial charge in [-0.15, -0.1) is 0 Å². The van der Waals surface area contributed by atoms with Gasteiger partial charge in [-0.1, -0.05) is 34.1 Å². The summed E-state index contributed by atoms with van der Waals surface area (Å²) < 4.78 is 40.1. The minimum absolute atomic E-state index is 0.0868. The molecule has 2 amide bonds. The number of alkyl halides is 3. The van der Waals surface area contributed by atoms with E-state index in [4.69, 9.17) is 0 Å². The fourth-order valence-electron chi connectivity index (χ4n) is 3.60. The van der Waals surface area contributed by atoms with Gasteiger partial charge in [0.15, 0.2) is 5.78 Å². The lowest BCUT2D eigenvalue weighted by Gasteiger charge is -2.34. The zero-order chi connectivity index (χ0) is 20.1. The molecule has 1 aliphatic carbocycles. The SMILES string of the molecule is O=C1CCC2=C1C(c1ccc(Br)cc1)NC(=O)N2c1cccc(C(F)(F)F)c1. The van der Waals surface area contributed by atoms with Crippen molar-refractivity contribution < 1.29 is 22.8 Å². The van der Waals surface area contributed by atoms with E-state index < -0.39 is 23.8 Å². The first kappa shape index (κ1) is 18.7. The third-order valence-electron chi connectivity index (χ3n) is 4.86. The summed E-state index contributed by atoms with van der Waals surface area (Å²) in [5, 5.41) is 2.77. The number of ketones is 1. The van der Waals surface area contributed by atoms with Crippen LogP contribution in [0.5, 0.6) is 0 Å². The number of benzene rings is 2. The van der Waals surface area contributed by atoms with Gasteiger partial charge in [0.2, 0.25) is 0 Å². The molecule has 2 aromatic carbocycles. The molecular formula is C20H14BrF3N2O2. The molecule has 0 saturated heterocycles. The highest BCUT2D eigenvalue weighted by atomic mass is 79.9. The van der Waals surface area contributed by atoms with Crippen molar-refractivity contribution in [2.75, 3.05) is 4.90 Å². The number of allylic oxidation sites excluding steroid dienone is 1. The van der Waals surface area contributed by atoms with Crippen LogP contribution in [0.3, 0.4) is 0 Å². The monoisotopic (exact) mass is 450 g/mol. The Kier molecular flexibility index (Phi) is 4.53. The first-order valence-corrected chi connectivity index (χ1v) is 9.34. The van der Waals surface area contributed by atoms with Crippen LogP contribution in [0.25, 0.3) is 0 Å². The van der Waals surface area contributed by atoms with Crippen molar-refractivity contribution in [2.45, 2.75) is 25.1 Å². The molecule has 2 aliphatic rings. The van der Waals surface area contributed by atoms with Gasteiger partial charge < -0.3 is 5.32 Å². The fraction of sp³-hybridized carbons (Fsp3) is 0.200. The first-order valence-electron chi connectivity index (χ1n) is 8.55. The molecule has 1 unspecified atom stereocenters. The van der Waals surface area contributed by atoms with Crippen LogP contribution in [-0.2, 0) is 11.0 Å². The average Bonchev–Trinajstić information content (AvgIpc) is 3.03. The highest BCUT2D eigenvalue weighted by molar-refractivity contribution is 9.10. The molecule has 0 spiro atoms. The lowest BCUT2D eigenvalue weighted by atomic mass is 9.95. The van der Waals surface area contributed by atoms with E-state index in [2.05, 4.69) is 21.2 Å². The standard InChI is InChI=1S/C20H14BrF3N2O2/c21-13-6-4-11(5-7-13)18-17-15(8-9-16(17)27)26(19(28)25-18)14-3-1-2-12(10-14)20(22,23)24/h1-7,10,18H,8-9H2,(H,25,28). The topological polar surface area (TPSA) is 49.4 Å². The molecule has 1 atom stereocenters. The van der Waals surface area contributed by atoms with Gasteiger partial charge in [-0.3, -0.25) is 9.69 Å². The highest BCUT2D eigenvalue weighted by Gasteiger charge is 2.41. The third-order valence-corrected chi connectivity index (χ3v) is 5.39. The number of amides is 2. The number of urea groups is 1. The zero-order valence-corrected chi connectivity index (χ0v) is 16.0. The molecule has 1 N–H and O–H groups in total. The molecule has 144 valence electrons. The summed E-state index contributed by atoms with van der Waals surface area (Å²) in [5.74, 6) is -0.111. The van der Waals surface area contributed by atoms with Crippen molar-refractivity contribution in [3.8, 4) is 0 Å². The van der Waals surface area contributed by atoms with Gasteiger partial charge >= 0.3 is 12.2 Å². The Hall–Kier alpha value is -2.61. The molecule has 28 heavy (non-hydrogen) atoms. The van der Waals surface area contributed by atoms with E-state index in [1.54, 1.807) is 24.3 Å². The number of nitrogens with one attached hydrogen (secondary N) is 1. The van der Waals surface area contributed by atoms with Crippen molar-refractivity contribution >= 4 is 33.4 Å². The fourth-order valence-corrected chi connectivity index (χ4v) is 3.87. The van der Waals surface area contributed by atoms with Crippen molar-refractivity contribution in [1.82, 2.24) is 5.32 Å². The second kappa shape index (κ2) is 6.77. The molecule has 0 radical (unpaired) electrons. The Morgan fingerprint density at radius 2 is 1.75 bits per heavy atom. The first-order chi connectivity index (χ1) is 13.3. The van der Waals surface area contributed by atoms with Crippen molar-refractivity contribution in [3.63, 3.8) is 0 Å². The minimum Gasteiger partial charge on any atom is -0.326 e. The Labute approximate surface area is 167 Å². The van der Waals surface area contributed by atoms with Crippen molar-refractivity contribution in [1.29, 1.82) is 0 Å². The summed E-state index contributed by atoms with van der Waals surface area (Å²) in [7, 11) is 0. The predicted octanol–water partition coefficient (Wildman–Crippen LogP) is 5.36. The Morgan fingerprint density at radius 3 is 2.43 bits per heavy atom. The number of anilines is 1. The molecule has 4 rings (SSSR count). The smallest absolute Gasteiger partial charge is 0.326 e. The Bertz CT molecular complexity index is 999. The molecule has 0 bridgehead atoms. The Balaban J connectivity index is 1.81. The molecule has 2 aromatic rings. The molecule has 0 aromatic heterocycles. The van der Waals surface area contributed by atoms with Crippen LogP contribution in [-0.4, -0.2) is 11.8 Å². The number of hydrogen-bond acceptors (Lipinski definition) is 2. The lowest BCUT2D eigenvalue weighted by molar-refractivity contribution is -0.137. The summed E-state index contributed by atoms with van der Waals surface area (Å²) in [4.78, 5) is 26.6. The number of Topliss-reactive ketones (excluding diaryl/α,β-unsaturated/α-hetero) is 1. The van der Waals surface area contributed by atoms with E-state index >= 15 is 0 Å². The van der Waals surface area contributed by atoms with E-state index in [0.717, 1.165) is 22.2 Å². The number of nitrogens with zero attached hydrogens (tertiary/aromatic N) is 1. The number of rotatable bonds is 2. The van der Waals surface area contributed by atoms with Gasteiger partial charge in [0.25, 0.3) is 0 Å². The van der Waals surface area contributed by atoms with Crippen LogP contribution in [0.15, 0.2) is 64.3 Å². The molecule has 1 heterocycles. The average molecular weight is 451 g/mol. The second-order valence-electron chi connectivity index (χ2n) is 6.60. The van der Waals surface area contributed by atoms with E-state index in [1.165, 1.54) is 17.0 Å². The van der Waals surface area contributed by atoms with Gasteiger partial charge in [-0.2, -0.15) is 13.2 Å². The Morgan fingerprint density at radius 1 is 1.04 bits per heavy atom. The number of hydrogen-bond donors (Lipinski definition) is 1. The van der Waals surface area contributed by atoms with Gasteiger partial charge in [-0.25, -0.2) is 4.79 Å². The van der Waals surface area contributed by atoms with Crippen LogP contribution in [0.2, 0.25) is 0 Å². The summed E-state index contributed by atoms with van der Waals surface area (Å²) in [6.45, 7) is 0. The normalized spacial score (nSPS) is 19.7. The molecule has 0 fully saturated rings. The van der Waals surface area contributed by atoms with Gasteiger partial charge in [0, 0.05) is 22.2 Å². The molecule has 8 heteroatoms. The van der Waals surface area contributed by atoms with Crippen LogP contribution >= 0.6 is 15.9 Å². The van der Waals surface area contributed by atoms with E-state index in [1.807, 2.05) is 0 Å². The molecule has 1 aliphatic heterocycles. The van der Waals surface area contributed by atoms with Crippen LogP contribution in [0.4, 0.5) is 23.7 Å². The third kappa shape index (κ3) is 3.22. The van der Waals surface area contributed by atoms with Gasteiger partial charge in [0.05, 0.1) is 17.3 Å². The summed E-state index contributed by atoms with van der Waals surface area (Å²) in [6.07, 6.45) is -3.99. The second-order valence-corrected chi connectivity index (χ2v) is 7.52. The van der Waals surface area contributed by atoms with Crippen LogP contribution in [0, 0.1) is 0 Å². The van der Waals surface area contributed by atoms with Gasteiger partial charge in [-0.05, 0) is 42.3 Å². The maximum atomic E-state index is 13.1. The molecule has 0 saturated carbocycles. The zero-order valence-electron chi connectivity index (χ0n) is 14.4. The molecule has 4 nitrogen and oxygen atoms in total. The summed E-state index contributed by atoms with van der Waals surface area (Å²) >= 11 is 3.35. The van der Waals surface area contributed by atoms with Crippen LogP contribution < -0.4 is 10.2 Å². The number of halogens is 4. The predicted molar refractivity (Wildman–Crippen MR) is 101 cm³/mol. The van der Waals surface area contributed by atoms with Crippen LogP contribution in [0.1, 0.15) is 30.0 Å². The van der Waals surface area contributed by atoms with E-state index in [-0.39, 0.29) is 17.9 Å². The van der Waals surface area contributed by atoms with Gasteiger partial charge in [0.1, 0.15) is 0 Å². The largest absolute Gasteiger partial charge is 0.416 e. The lowest BCUT2D eigenvalue weighted by Crippen LogP contribution is -2.47. The van der Waals surface area contributed by atoms with Crippen molar-refractivity contribution in [2.24, 2.45) is 0 Å². The highest BCUT2D eigenvalue weighted by Crippen LogP contribution is 2.41. The maximum Gasteiger partial charge on any atom is 0.416 e. The van der Waals surface area contributed by atoms with E-state index in [9.17, 15) is 22.8 Å². The summed E-state index contributed by atoms with van der Waals surface area (Å²) in [6, 6.07) is 10.6. The summed E-state index contributed by atoms with van der Waals surface area (Å²) in [5.41, 5.74) is 0.867. The minimum atomic E-state index is -4.52. The number of carbonyl (C=O) groups is 2.